The summed E-state index contributed by atoms with van der Waals surface area (Å²) in [6.45, 7) is 2.27. The highest BCUT2D eigenvalue weighted by atomic mass is 16.5. The van der Waals surface area contributed by atoms with Crippen molar-refractivity contribution in [3.63, 3.8) is 0 Å². The molecule has 0 bridgehead atoms. The van der Waals surface area contributed by atoms with E-state index in [0.717, 1.165) is 17.3 Å². The van der Waals surface area contributed by atoms with E-state index in [1.54, 1.807) is 0 Å². The molecule has 0 spiro atoms. The second-order valence-electron chi connectivity index (χ2n) is 5.40. The first kappa shape index (κ1) is 14.7. The Bertz CT molecular complexity index is 431. The Kier molecular flexibility index (Phi) is 5.27. The second kappa shape index (κ2) is 7.17. The van der Waals surface area contributed by atoms with E-state index in [1.165, 1.54) is 39.2 Å². The summed E-state index contributed by atoms with van der Waals surface area (Å²) in [6, 6.07) is 8.37. The largest absolute Gasteiger partial charge is 0.453 e. The lowest BCUT2D eigenvalue weighted by molar-refractivity contribution is 0.187. The molecular formula is C16H24N2O2. The first-order chi connectivity index (χ1) is 9.72. The molecule has 2 atom stereocenters. The average Bonchev–Trinajstić information content (AvgIpc) is 2.49. The predicted octanol–water partition coefficient (Wildman–Crippen LogP) is 4.25. The smallest absolute Gasteiger partial charge is 0.411 e. The van der Waals surface area contributed by atoms with Crippen LogP contribution in [0.25, 0.3) is 0 Å². The minimum Gasteiger partial charge on any atom is -0.453 e. The fraction of sp³-hybridized carbons (Fsp3) is 0.562. The van der Waals surface area contributed by atoms with Crippen molar-refractivity contribution < 1.29 is 9.53 Å². The van der Waals surface area contributed by atoms with Crippen molar-refractivity contribution in [3.05, 3.63) is 24.3 Å². The third-order valence-electron chi connectivity index (χ3n) is 4.10. The topological polar surface area (TPSA) is 50.4 Å². The minimum atomic E-state index is -0.441. The van der Waals surface area contributed by atoms with Crippen LogP contribution in [0.15, 0.2) is 24.3 Å². The van der Waals surface area contributed by atoms with Crippen LogP contribution in [0.3, 0.4) is 0 Å². The maximum Gasteiger partial charge on any atom is 0.411 e. The number of nitrogens with one attached hydrogen (secondary N) is 2. The van der Waals surface area contributed by atoms with Crippen LogP contribution in [0.1, 0.15) is 39.0 Å². The van der Waals surface area contributed by atoms with Crippen molar-refractivity contribution in [1.29, 1.82) is 0 Å². The van der Waals surface area contributed by atoms with E-state index >= 15 is 0 Å². The van der Waals surface area contributed by atoms with Gasteiger partial charge in [0.25, 0.3) is 0 Å². The van der Waals surface area contributed by atoms with Gasteiger partial charge in [-0.2, -0.15) is 0 Å². The molecule has 1 fully saturated rings. The van der Waals surface area contributed by atoms with Crippen LogP contribution in [0, 0.1) is 5.92 Å². The number of hydrogen-bond acceptors (Lipinski definition) is 3. The molecule has 1 saturated carbocycles. The number of carbonyl (C=O) groups excluding carboxylic acids is 1. The molecule has 1 aliphatic rings. The molecule has 0 heterocycles. The van der Waals surface area contributed by atoms with Crippen LogP contribution in [-0.4, -0.2) is 19.2 Å². The van der Waals surface area contributed by atoms with Gasteiger partial charge < -0.3 is 10.1 Å². The average molecular weight is 276 g/mol. The summed E-state index contributed by atoms with van der Waals surface area (Å²) in [4.78, 5) is 11.1. The van der Waals surface area contributed by atoms with Crippen molar-refractivity contribution in [1.82, 2.24) is 0 Å². The fourth-order valence-electron chi connectivity index (χ4n) is 2.92. The molecule has 2 N–H and O–H groups in total. The van der Waals surface area contributed by atoms with E-state index in [0.29, 0.717) is 6.04 Å². The number of anilines is 2. The van der Waals surface area contributed by atoms with Crippen LogP contribution in [0.4, 0.5) is 16.2 Å². The van der Waals surface area contributed by atoms with Gasteiger partial charge in [-0.3, -0.25) is 5.32 Å². The lowest BCUT2D eigenvalue weighted by atomic mass is 9.83. The van der Waals surface area contributed by atoms with Crippen LogP contribution in [-0.2, 0) is 4.74 Å². The summed E-state index contributed by atoms with van der Waals surface area (Å²) < 4.78 is 4.57. The van der Waals surface area contributed by atoms with Gasteiger partial charge in [0.05, 0.1) is 7.11 Å². The molecule has 0 aromatic heterocycles. The molecule has 1 aliphatic carbocycles. The van der Waals surface area contributed by atoms with Gasteiger partial charge in [0.15, 0.2) is 0 Å². The van der Waals surface area contributed by atoms with Crippen molar-refractivity contribution in [3.8, 4) is 0 Å². The first-order valence-corrected chi connectivity index (χ1v) is 7.44. The molecule has 0 radical (unpaired) electrons. The molecule has 1 aromatic carbocycles. The molecule has 4 nitrogen and oxygen atoms in total. The van der Waals surface area contributed by atoms with Gasteiger partial charge in [-0.15, -0.1) is 0 Å². The molecule has 20 heavy (non-hydrogen) atoms. The van der Waals surface area contributed by atoms with E-state index in [2.05, 4.69) is 22.3 Å². The SMILES string of the molecule is CCC1CCCCC1Nc1ccc(NC(=O)OC)cc1. The Hall–Kier alpha value is -1.71. The maximum absolute atomic E-state index is 11.1. The van der Waals surface area contributed by atoms with Gasteiger partial charge in [0.2, 0.25) is 0 Å². The Morgan fingerprint density at radius 3 is 2.50 bits per heavy atom. The molecule has 0 saturated heterocycles. The van der Waals surface area contributed by atoms with Crippen LogP contribution in [0.5, 0.6) is 0 Å². The molecule has 1 amide bonds. The van der Waals surface area contributed by atoms with Crippen LogP contribution >= 0.6 is 0 Å². The van der Waals surface area contributed by atoms with Crippen LogP contribution in [0.2, 0.25) is 0 Å². The number of benzene rings is 1. The highest BCUT2D eigenvalue weighted by Crippen LogP contribution is 2.29. The molecule has 4 heteroatoms. The third kappa shape index (κ3) is 3.89. The fourth-order valence-corrected chi connectivity index (χ4v) is 2.92. The summed E-state index contributed by atoms with van der Waals surface area (Å²) in [7, 11) is 1.36. The molecule has 2 rings (SSSR count). The summed E-state index contributed by atoms with van der Waals surface area (Å²) >= 11 is 0. The highest BCUT2D eigenvalue weighted by Gasteiger charge is 2.23. The van der Waals surface area contributed by atoms with Crippen LogP contribution < -0.4 is 10.6 Å². The maximum atomic E-state index is 11.1. The Morgan fingerprint density at radius 1 is 1.20 bits per heavy atom. The highest BCUT2D eigenvalue weighted by molar-refractivity contribution is 5.84. The standard InChI is InChI=1S/C16H24N2O2/c1-3-12-6-4-5-7-15(12)17-13-8-10-14(11-9-13)18-16(19)20-2/h8-12,15,17H,3-7H2,1-2H3,(H,18,19). The van der Waals surface area contributed by atoms with Crippen molar-refractivity contribution in [2.24, 2.45) is 5.92 Å². The molecule has 110 valence electrons. The van der Waals surface area contributed by atoms with Gasteiger partial charge in [0.1, 0.15) is 0 Å². The monoisotopic (exact) mass is 276 g/mol. The van der Waals surface area contributed by atoms with E-state index < -0.39 is 6.09 Å². The zero-order valence-corrected chi connectivity index (χ0v) is 12.3. The number of ether oxygens (including phenoxy) is 1. The number of hydrogen-bond donors (Lipinski definition) is 2. The van der Waals surface area contributed by atoms with E-state index in [1.807, 2.05) is 24.3 Å². The lowest BCUT2D eigenvalue weighted by Gasteiger charge is -2.32. The first-order valence-electron chi connectivity index (χ1n) is 7.44. The molecule has 2 unspecified atom stereocenters. The number of amides is 1. The Balaban J connectivity index is 1.94. The number of carbonyl (C=O) groups is 1. The van der Waals surface area contributed by atoms with Gasteiger partial charge >= 0.3 is 6.09 Å². The molecule has 0 aliphatic heterocycles. The van der Waals surface area contributed by atoms with Gasteiger partial charge in [-0.05, 0) is 43.0 Å². The summed E-state index contributed by atoms with van der Waals surface area (Å²) in [5.41, 5.74) is 1.86. The molecule has 1 aromatic rings. The minimum absolute atomic E-state index is 0.441. The Labute approximate surface area is 120 Å². The van der Waals surface area contributed by atoms with E-state index in [9.17, 15) is 4.79 Å². The predicted molar refractivity (Wildman–Crippen MR) is 82.1 cm³/mol. The van der Waals surface area contributed by atoms with Crippen molar-refractivity contribution in [2.75, 3.05) is 17.7 Å². The number of rotatable bonds is 4. The quantitative estimate of drug-likeness (QED) is 0.864. The summed E-state index contributed by atoms with van der Waals surface area (Å²) in [5.74, 6) is 0.775. The summed E-state index contributed by atoms with van der Waals surface area (Å²) in [6.07, 6.45) is 6.05. The van der Waals surface area contributed by atoms with Gasteiger partial charge in [-0.25, -0.2) is 4.79 Å². The lowest BCUT2D eigenvalue weighted by Crippen LogP contribution is -2.31. The van der Waals surface area contributed by atoms with Gasteiger partial charge in [0, 0.05) is 17.4 Å². The molecular weight excluding hydrogens is 252 g/mol. The zero-order chi connectivity index (χ0) is 14.4. The zero-order valence-electron chi connectivity index (χ0n) is 12.3. The van der Waals surface area contributed by atoms with Crippen molar-refractivity contribution in [2.45, 2.75) is 45.1 Å². The third-order valence-corrected chi connectivity index (χ3v) is 4.10. The summed E-state index contributed by atoms with van der Waals surface area (Å²) in [5, 5.41) is 6.29. The van der Waals surface area contributed by atoms with E-state index in [4.69, 9.17) is 0 Å². The Morgan fingerprint density at radius 2 is 1.85 bits per heavy atom. The van der Waals surface area contributed by atoms with Gasteiger partial charge in [-0.1, -0.05) is 26.2 Å². The van der Waals surface area contributed by atoms with Crippen molar-refractivity contribution >= 4 is 17.5 Å². The number of methoxy groups -OCH3 is 1. The normalized spacial score (nSPS) is 22.1. The van der Waals surface area contributed by atoms with E-state index in [-0.39, 0.29) is 0 Å². The second-order valence-corrected chi connectivity index (χ2v) is 5.40.